The van der Waals surface area contributed by atoms with Crippen molar-refractivity contribution in [2.45, 2.75) is 32.4 Å². The summed E-state index contributed by atoms with van der Waals surface area (Å²) in [5.74, 6) is 1.15. The lowest BCUT2D eigenvalue weighted by atomic mass is 10.0. The van der Waals surface area contributed by atoms with Crippen LogP contribution in [0, 0.1) is 5.82 Å². The largest absolute Gasteiger partial charge is 0.496 e. The first kappa shape index (κ1) is 14.5. The molecule has 4 nitrogen and oxygen atoms in total. The Hall–Kier alpha value is -1.88. The number of nitrogens with one attached hydrogen (secondary N) is 2. The van der Waals surface area contributed by atoms with Gasteiger partial charge in [-0.2, -0.15) is 0 Å². The average Bonchev–Trinajstić information content (AvgIpc) is 2.98. The van der Waals surface area contributed by atoms with Gasteiger partial charge in [0.05, 0.1) is 13.2 Å². The van der Waals surface area contributed by atoms with Crippen molar-refractivity contribution in [3.05, 3.63) is 47.8 Å². The van der Waals surface area contributed by atoms with Crippen LogP contribution in [-0.4, -0.2) is 17.1 Å². The van der Waals surface area contributed by atoms with Gasteiger partial charge in [0.2, 0.25) is 0 Å². The molecule has 2 N–H and O–H groups in total. The van der Waals surface area contributed by atoms with Crippen LogP contribution in [0.5, 0.6) is 5.75 Å². The first-order valence-corrected chi connectivity index (χ1v) is 6.75. The molecule has 2 rings (SSSR count). The normalized spacial score (nSPS) is 14.0. The van der Waals surface area contributed by atoms with E-state index >= 15 is 0 Å². The van der Waals surface area contributed by atoms with Crippen molar-refractivity contribution in [3.8, 4) is 5.75 Å². The molecule has 1 aromatic carbocycles. The predicted molar refractivity (Wildman–Crippen MR) is 76.1 cm³/mol. The lowest BCUT2D eigenvalue weighted by molar-refractivity contribution is 0.379. The van der Waals surface area contributed by atoms with E-state index in [1.165, 1.54) is 6.07 Å². The van der Waals surface area contributed by atoms with E-state index in [-0.39, 0.29) is 17.9 Å². The Kier molecular flexibility index (Phi) is 4.74. The Morgan fingerprint density at radius 2 is 2.25 bits per heavy atom. The van der Waals surface area contributed by atoms with Gasteiger partial charge in [-0.15, -0.1) is 0 Å². The molecule has 0 aliphatic rings. The van der Waals surface area contributed by atoms with Crippen LogP contribution in [0.25, 0.3) is 0 Å². The number of hydrogen-bond donors (Lipinski definition) is 2. The summed E-state index contributed by atoms with van der Waals surface area (Å²) in [5, 5.41) is 3.39. The average molecular weight is 277 g/mol. The molecule has 0 radical (unpaired) electrons. The zero-order chi connectivity index (χ0) is 14.5. The summed E-state index contributed by atoms with van der Waals surface area (Å²) < 4.78 is 19.3. The van der Waals surface area contributed by atoms with Crippen molar-refractivity contribution in [3.63, 3.8) is 0 Å². The minimum atomic E-state index is -0.265. The van der Waals surface area contributed by atoms with Gasteiger partial charge in [0.15, 0.2) is 0 Å². The maximum absolute atomic E-state index is 14.0. The van der Waals surface area contributed by atoms with Crippen LogP contribution in [0.3, 0.4) is 0 Å². The van der Waals surface area contributed by atoms with Crippen molar-refractivity contribution in [1.82, 2.24) is 15.3 Å². The standard InChI is InChI=1S/C15H20FN3O/c1-4-12(15-17-8-9-18-15)19-10(2)14-11(16)6-5-7-13(14)20-3/h5-10,12,19H,4H2,1-3H3,(H,17,18). The van der Waals surface area contributed by atoms with Crippen LogP contribution in [0.1, 0.15) is 43.7 Å². The SMILES string of the molecule is CCC(NC(C)c1c(F)cccc1OC)c1ncc[nH]1. The molecule has 1 heterocycles. The third-order valence-corrected chi connectivity index (χ3v) is 3.37. The van der Waals surface area contributed by atoms with E-state index in [9.17, 15) is 4.39 Å². The second-order valence-electron chi connectivity index (χ2n) is 4.68. The molecule has 2 aromatic rings. The number of hydrogen-bond acceptors (Lipinski definition) is 3. The highest BCUT2D eigenvalue weighted by atomic mass is 19.1. The zero-order valence-electron chi connectivity index (χ0n) is 12.0. The van der Waals surface area contributed by atoms with E-state index in [0.717, 1.165) is 12.2 Å². The fourth-order valence-electron chi connectivity index (χ4n) is 2.36. The predicted octanol–water partition coefficient (Wildman–Crippen LogP) is 3.36. The maximum Gasteiger partial charge on any atom is 0.131 e. The number of halogens is 1. The number of imidazole rings is 1. The highest BCUT2D eigenvalue weighted by Gasteiger charge is 2.20. The molecule has 5 heteroatoms. The molecule has 0 bridgehead atoms. The number of ether oxygens (including phenoxy) is 1. The van der Waals surface area contributed by atoms with E-state index in [1.807, 2.05) is 6.92 Å². The van der Waals surface area contributed by atoms with Crippen LogP contribution < -0.4 is 10.1 Å². The number of aromatic amines is 1. The maximum atomic E-state index is 14.0. The Morgan fingerprint density at radius 1 is 1.45 bits per heavy atom. The fraction of sp³-hybridized carbons (Fsp3) is 0.400. The molecule has 0 amide bonds. The van der Waals surface area contributed by atoms with Gasteiger partial charge in [-0.1, -0.05) is 13.0 Å². The molecule has 0 saturated carbocycles. The van der Waals surface area contributed by atoms with Gasteiger partial charge in [0.1, 0.15) is 17.4 Å². The zero-order valence-corrected chi connectivity index (χ0v) is 12.0. The topological polar surface area (TPSA) is 49.9 Å². The molecule has 0 fully saturated rings. The molecule has 1 aromatic heterocycles. The van der Waals surface area contributed by atoms with Crippen molar-refractivity contribution < 1.29 is 9.13 Å². The minimum absolute atomic E-state index is 0.0457. The van der Waals surface area contributed by atoms with Gasteiger partial charge >= 0.3 is 0 Å². The third-order valence-electron chi connectivity index (χ3n) is 3.37. The highest BCUT2D eigenvalue weighted by Crippen LogP contribution is 2.29. The van der Waals surface area contributed by atoms with Gasteiger partial charge in [0.25, 0.3) is 0 Å². The summed E-state index contributed by atoms with van der Waals surface area (Å²) in [5.41, 5.74) is 0.542. The number of nitrogens with zero attached hydrogens (tertiary/aromatic N) is 1. The van der Waals surface area contributed by atoms with E-state index in [4.69, 9.17) is 4.74 Å². The van der Waals surface area contributed by atoms with Crippen LogP contribution in [0.2, 0.25) is 0 Å². The molecule has 2 unspecified atom stereocenters. The quantitative estimate of drug-likeness (QED) is 0.851. The number of H-pyrrole nitrogens is 1. The second-order valence-corrected chi connectivity index (χ2v) is 4.68. The lowest BCUT2D eigenvalue weighted by Gasteiger charge is -2.23. The Balaban J connectivity index is 2.21. The summed E-state index contributed by atoms with van der Waals surface area (Å²) in [4.78, 5) is 7.35. The number of benzene rings is 1. The van der Waals surface area contributed by atoms with Gasteiger partial charge in [0, 0.05) is 24.0 Å². The monoisotopic (exact) mass is 277 g/mol. The van der Waals surface area contributed by atoms with E-state index in [1.54, 1.807) is 31.6 Å². The summed E-state index contributed by atoms with van der Waals surface area (Å²) in [6.07, 6.45) is 4.36. The molecule has 0 saturated heterocycles. The number of rotatable bonds is 6. The first-order valence-electron chi connectivity index (χ1n) is 6.75. The second kappa shape index (κ2) is 6.52. The van der Waals surface area contributed by atoms with Crippen LogP contribution in [0.15, 0.2) is 30.6 Å². The first-order chi connectivity index (χ1) is 9.67. The Labute approximate surface area is 118 Å². The Morgan fingerprint density at radius 3 is 2.85 bits per heavy atom. The summed E-state index contributed by atoms with van der Waals surface area (Å²) >= 11 is 0. The van der Waals surface area contributed by atoms with Crippen LogP contribution >= 0.6 is 0 Å². The van der Waals surface area contributed by atoms with Gasteiger partial charge < -0.3 is 15.0 Å². The molecule has 20 heavy (non-hydrogen) atoms. The molecule has 2 atom stereocenters. The van der Waals surface area contributed by atoms with Gasteiger partial charge in [-0.3, -0.25) is 0 Å². The number of aromatic nitrogens is 2. The fourth-order valence-corrected chi connectivity index (χ4v) is 2.36. The molecule has 0 aliphatic carbocycles. The van der Waals surface area contributed by atoms with Crippen LogP contribution in [0.4, 0.5) is 4.39 Å². The minimum Gasteiger partial charge on any atom is -0.496 e. The lowest BCUT2D eigenvalue weighted by Crippen LogP contribution is -2.26. The summed E-state index contributed by atoms with van der Waals surface area (Å²) in [6.45, 7) is 3.98. The molecular weight excluding hydrogens is 257 g/mol. The van der Waals surface area contributed by atoms with Gasteiger partial charge in [-0.25, -0.2) is 9.37 Å². The van der Waals surface area contributed by atoms with Gasteiger partial charge in [-0.05, 0) is 25.5 Å². The van der Waals surface area contributed by atoms with Crippen molar-refractivity contribution >= 4 is 0 Å². The molecule has 108 valence electrons. The summed E-state index contributed by atoms with van der Waals surface area (Å²) in [7, 11) is 1.55. The number of methoxy groups -OCH3 is 1. The van der Waals surface area contributed by atoms with Crippen molar-refractivity contribution in [1.29, 1.82) is 0 Å². The van der Waals surface area contributed by atoms with Crippen molar-refractivity contribution in [2.24, 2.45) is 0 Å². The Bertz CT molecular complexity index is 542. The third kappa shape index (κ3) is 2.99. The molecule has 0 spiro atoms. The van der Waals surface area contributed by atoms with E-state index in [0.29, 0.717) is 11.3 Å². The smallest absolute Gasteiger partial charge is 0.131 e. The van der Waals surface area contributed by atoms with Crippen molar-refractivity contribution in [2.75, 3.05) is 7.11 Å². The summed E-state index contributed by atoms with van der Waals surface area (Å²) in [6, 6.07) is 4.73. The van der Waals surface area contributed by atoms with Crippen LogP contribution in [-0.2, 0) is 0 Å². The highest BCUT2D eigenvalue weighted by molar-refractivity contribution is 5.37. The molecular formula is C15H20FN3O. The molecule has 0 aliphatic heterocycles. The van der Waals surface area contributed by atoms with E-state index < -0.39 is 0 Å². The van der Waals surface area contributed by atoms with E-state index in [2.05, 4.69) is 22.2 Å².